The standard InChI is InChI=1S/C27H28N2O6S2/c1-18-17-36-27(28-18)37(32,33)29(15-23-11-12-34-23)24-13-21-3-2-4-22(21)14-25(24)35-16-20-7-5-19(6-8-20)9-10-26(30)31/h5-10,13-14,17,23H,2-4,11-12,15-16H2,1H3,(H,30,31)/b10-9+. The van der Waals surface area contributed by atoms with Crippen LogP contribution in [0.1, 0.15) is 40.8 Å². The van der Waals surface area contributed by atoms with Gasteiger partial charge in [-0.15, -0.1) is 11.3 Å². The summed E-state index contributed by atoms with van der Waals surface area (Å²) in [7, 11) is -3.92. The van der Waals surface area contributed by atoms with Crippen molar-refractivity contribution in [1.29, 1.82) is 0 Å². The number of sulfonamides is 1. The molecule has 1 atom stereocenters. The second-order valence-electron chi connectivity index (χ2n) is 9.22. The molecule has 37 heavy (non-hydrogen) atoms. The van der Waals surface area contributed by atoms with Gasteiger partial charge < -0.3 is 14.6 Å². The van der Waals surface area contributed by atoms with E-state index in [4.69, 9.17) is 14.6 Å². The zero-order chi connectivity index (χ0) is 26.0. The monoisotopic (exact) mass is 540 g/mol. The molecule has 0 bridgehead atoms. The molecule has 1 aliphatic heterocycles. The van der Waals surface area contributed by atoms with E-state index < -0.39 is 16.0 Å². The summed E-state index contributed by atoms with van der Waals surface area (Å²) in [5.41, 5.74) is 5.13. The summed E-state index contributed by atoms with van der Waals surface area (Å²) in [6.07, 6.45) is 6.09. The van der Waals surface area contributed by atoms with Crippen molar-refractivity contribution in [3.63, 3.8) is 0 Å². The molecule has 8 nitrogen and oxygen atoms in total. The van der Waals surface area contributed by atoms with Crippen molar-refractivity contribution < 1.29 is 27.8 Å². The summed E-state index contributed by atoms with van der Waals surface area (Å²) in [6.45, 7) is 2.83. The number of carboxylic acid groups (broad SMARTS) is 1. The lowest BCUT2D eigenvalue weighted by Gasteiger charge is -2.33. The number of carbonyl (C=O) groups is 1. The van der Waals surface area contributed by atoms with Gasteiger partial charge in [0.1, 0.15) is 12.4 Å². The van der Waals surface area contributed by atoms with Gasteiger partial charge in [-0.3, -0.25) is 4.31 Å². The van der Waals surface area contributed by atoms with Gasteiger partial charge in [0.15, 0.2) is 0 Å². The summed E-state index contributed by atoms with van der Waals surface area (Å²) in [5.74, 6) is -0.497. The van der Waals surface area contributed by atoms with E-state index in [1.54, 1.807) is 12.3 Å². The van der Waals surface area contributed by atoms with Gasteiger partial charge in [0, 0.05) is 23.8 Å². The van der Waals surface area contributed by atoms with Crippen LogP contribution >= 0.6 is 11.3 Å². The summed E-state index contributed by atoms with van der Waals surface area (Å²) >= 11 is 1.12. The van der Waals surface area contributed by atoms with Gasteiger partial charge in [-0.1, -0.05) is 24.3 Å². The highest BCUT2D eigenvalue weighted by Gasteiger charge is 2.35. The normalized spacial score (nSPS) is 16.9. The van der Waals surface area contributed by atoms with Crippen LogP contribution in [0, 0.1) is 6.92 Å². The van der Waals surface area contributed by atoms with Crippen LogP contribution in [0.3, 0.4) is 0 Å². The minimum Gasteiger partial charge on any atom is -0.487 e. The van der Waals surface area contributed by atoms with Gasteiger partial charge in [0.25, 0.3) is 10.0 Å². The molecule has 5 rings (SSSR count). The molecule has 0 amide bonds. The first kappa shape index (κ1) is 25.4. The van der Waals surface area contributed by atoms with Crippen molar-refractivity contribution in [2.45, 2.75) is 49.7 Å². The fraction of sp³-hybridized carbons (Fsp3) is 0.333. The molecule has 1 aromatic heterocycles. The molecule has 10 heteroatoms. The summed E-state index contributed by atoms with van der Waals surface area (Å²) in [4.78, 5) is 15.0. The molecule has 1 unspecified atom stereocenters. The van der Waals surface area contributed by atoms with Crippen molar-refractivity contribution in [3.05, 3.63) is 75.8 Å². The van der Waals surface area contributed by atoms with E-state index in [9.17, 15) is 13.2 Å². The van der Waals surface area contributed by atoms with Gasteiger partial charge >= 0.3 is 5.97 Å². The molecule has 2 aliphatic rings. The molecule has 1 N–H and O–H groups in total. The van der Waals surface area contributed by atoms with Crippen LogP contribution in [0.5, 0.6) is 5.75 Å². The van der Waals surface area contributed by atoms with Crippen LogP contribution in [0.2, 0.25) is 0 Å². The summed E-state index contributed by atoms with van der Waals surface area (Å²) < 4.78 is 41.0. The molecule has 1 fully saturated rings. The van der Waals surface area contributed by atoms with Crippen molar-refractivity contribution >= 4 is 39.1 Å². The number of rotatable bonds is 10. The minimum absolute atomic E-state index is 0.0563. The maximum Gasteiger partial charge on any atom is 0.328 e. The fourth-order valence-electron chi connectivity index (χ4n) is 4.44. The van der Waals surface area contributed by atoms with Crippen LogP contribution < -0.4 is 9.04 Å². The third-order valence-corrected chi connectivity index (χ3v) is 9.64. The summed E-state index contributed by atoms with van der Waals surface area (Å²) in [5, 5.41) is 10.6. The maximum absolute atomic E-state index is 13.8. The first-order valence-corrected chi connectivity index (χ1v) is 14.5. The molecule has 2 aromatic carbocycles. The molecule has 3 aromatic rings. The Kier molecular flexibility index (Phi) is 7.32. The highest BCUT2D eigenvalue weighted by Crippen LogP contribution is 2.39. The van der Waals surface area contributed by atoms with Gasteiger partial charge in [0.05, 0.1) is 18.3 Å². The third kappa shape index (κ3) is 5.71. The minimum atomic E-state index is -3.92. The van der Waals surface area contributed by atoms with Crippen LogP contribution in [0.4, 0.5) is 5.69 Å². The number of ether oxygens (including phenoxy) is 2. The molecule has 0 saturated carbocycles. The Hall–Kier alpha value is -3.21. The smallest absolute Gasteiger partial charge is 0.328 e. The van der Waals surface area contributed by atoms with E-state index in [-0.39, 0.29) is 23.6 Å². The van der Waals surface area contributed by atoms with Gasteiger partial charge in [-0.05, 0) is 73.1 Å². The molecule has 0 spiro atoms. The maximum atomic E-state index is 13.8. The average Bonchev–Trinajstić information content (AvgIpc) is 3.49. The number of hydrogen-bond acceptors (Lipinski definition) is 7. The molecule has 1 aliphatic carbocycles. The molecule has 0 radical (unpaired) electrons. The lowest BCUT2D eigenvalue weighted by atomic mass is 10.1. The number of aromatic nitrogens is 1. The zero-order valence-electron chi connectivity index (χ0n) is 20.4. The van der Waals surface area contributed by atoms with Crippen molar-refractivity contribution in [3.8, 4) is 5.75 Å². The van der Waals surface area contributed by atoms with Crippen LogP contribution in [0.15, 0.2) is 52.2 Å². The quantitative estimate of drug-likeness (QED) is 0.375. The van der Waals surface area contributed by atoms with E-state index in [1.165, 1.54) is 15.9 Å². The largest absolute Gasteiger partial charge is 0.487 e. The Bertz CT molecular complexity index is 1430. The first-order chi connectivity index (χ1) is 17.8. The molecular formula is C27H28N2O6S2. The second-order valence-corrected chi connectivity index (χ2v) is 12.1. The highest BCUT2D eigenvalue weighted by atomic mass is 32.2. The Morgan fingerprint density at radius 1 is 1.24 bits per heavy atom. The number of nitrogens with zero attached hydrogens (tertiary/aromatic N) is 2. The van der Waals surface area contributed by atoms with Gasteiger partial charge in [-0.2, -0.15) is 8.42 Å². The van der Waals surface area contributed by atoms with E-state index in [1.807, 2.05) is 36.4 Å². The first-order valence-electron chi connectivity index (χ1n) is 12.1. The Morgan fingerprint density at radius 3 is 2.59 bits per heavy atom. The van der Waals surface area contributed by atoms with Gasteiger partial charge in [0.2, 0.25) is 4.34 Å². The zero-order valence-corrected chi connectivity index (χ0v) is 22.1. The lowest BCUT2D eigenvalue weighted by molar-refractivity contribution is -0.131. The number of aryl methyl sites for hydroxylation is 3. The number of benzene rings is 2. The van der Waals surface area contributed by atoms with E-state index in [0.29, 0.717) is 23.7 Å². The predicted molar refractivity (Wildman–Crippen MR) is 142 cm³/mol. The van der Waals surface area contributed by atoms with Crippen molar-refractivity contribution in [2.24, 2.45) is 0 Å². The lowest BCUT2D eigenvalue weighted by Crippen LogP contribution is -2.43. The van der Waals surface area contributed by atoms with Crippen molar-refractivity contribution in [2.75, 3.05) is 17.5 Å². The van der Waals surface area contributed by atoms with E-state index >= 15 is 0 Å². The summed E-state index contributed by atoms with van der Waals surface area (Å²) in [6, 6.07) is 11.3. The number of fused-ring (bicyclic) bond motifs is 1. The van der Waals surface area contributed by atoms with E-state index in [2.05, 4.69) is 4.98 Å². The fourth-order valence-corrected chi connectivity index (χ4v) is 7.07. The Morgan fingerprint density at radius 2 is 1.97 bits per heavy atom. The van der Waals surface area contributed by atoms with Crippen LogP contribution in [-0.2, 0) is 39.0 Å². The average molecular weight is 541 g/mol. The Balaban J connectivity index is 1.47. The highest BCUT2D eigenvalue weighted by molar-refractivity contribution is 7.94. The number of aliphatic carboxylic acids is 1. The SMILES string of the molecule is Cc1csc(S(=O)(=O)N(CC2CCO2)c2cc3c(cc2OCc2ccc(/C=C/C(=O)O)cc2)CCC3)n1. The molecular weight excluding hydrogens is 512 g/mol. The van der Waals surface area contributed by atoms with E-state index in [0.717, 1.165) is 59.8 Å². The number of anilines is 1. The molecule has 1 saturated heterocycles. The second kappa shape index (κ2) is 10.6. The predicted octanol–water partition coefficient (Wildman–Crippen LogP) is 4.60. The van der Waals surface area contributed by atoms with Crippen LogP contribution in [0.25, 0.3) is 6.08 Å². The molecule has 2 heterocycles. The number of hydrogen-bond donors (Lipinski definition) is 1. The number of carboxylic acids is 1. The Labute approximate surface area is 220 Å². The van der Waals surface area contributed by atoms with Crippen molar-refractivity contribution in [1.82, 2.24) is 4.98 Å². The third-order valence-electron chi connectivity index (χ3n) is 6.51. The topological polar surface area (TPSA) is 106 Å². The number of thiazole rings is 1. The van der Waals surface area contributed by atoms with Crippen LogP contribution in [-0.4, -0.2) is 43.7 Å². The van der Waals surface area contributed by atoms with Gasteiger partial charge in [-0.25, -0.2) is 9.78 Å². The molecule has 194 valence electrons.